The molecule has 2 heteroatoms. The van der Waals surface area contributed by atoms with Gasteiger partial charge in [-0.2, -0.15) is 0 Å². The van der Waals surface area contributed by atoms with Crippen molar-refractivity contribution in [2.75, 3.05) is 0 Å². The Morgan fingerprint density at radius 1 is 0.696 bits per heavy atom. The molecule has 0 saturated carbocycles. The second-order valence-electron chi connectivity index (χ2n) is 5.62. The molecule has 0 spiro atoms. The highest BCUT2D eigenvalue weighted by molar-refractivity contribution is 5.86. The molecule has 112 valence electrons. The first-order valence-corrected chi connectivity index (χ1v) is 7.62. The molecule has 0 saturated heterocycles. The average molecular weight is 300 g/mol. The lowest BCUT2D eigenvalue weighted by Crippen LogP contribution is -1.96. The van der Waals surface area contributed by atoms with Gasteiger partial charge in [0.2, 0.25) is 0 Å². The summed E-state index contributed by atoms with van der Waals surface area (Å²) in [4.78, 5) is 0. The Labute approximate surface area is 134 Å². The van der Waals surface area contributed by atoms with Gasteiger partial charge in [0.15, 0.2) is 0 Å². The first kappa shape index (κ1) is 13.6. The van der Waals surface area contributed by atoms with Crippen molar-refractivity contribution in [2.24, 2.45) is 0 Å². The quantitative estimate of drug-likeness (QED) is 0.558. The summed E-state index contributed by atoms with van der Waals surface area (Å²) in [5.41, 5.74) is 1.17. The number of fused-ring (bicyclic) bond motifs is 2. The van der Waals surface area contributed by atoms with Gasteiger partial charge in [-0.05, 0) is 51.4 Å². The Balaban J connectivity index is 1.63. The molecule has 0 atom stereocenters. The summed E-state index contributed by atoms with van der Waals surface area (Å²) in [6.07, 6.45) is 0. The van der Waals surface area contributed by atoms with Crippen LogP contribution in [-0.4, -0.2) is 5.11 Å². The third-order valence-corrected chi connectivity index (χ3v) is 4.07. The maximum atomic E-state index is 9.61. The number of ether oxygens (including phenoxy) is 1. The number of rotatable bonds is 3. The highest BCUT2D eigenvalue weighted by Gasteiger charge is 2.03. The maximum Gasteiger partial charge on any atom is 0.120 e. The summed E-state index contributed by atoms with van der Waals surface area (Å²) in [5.74, 6) is 1.07. The second-order valence-corrected chi connectivity index (χ2v) is 5.62. The molecular formula is C21H16O2. The van der Waals surface area contributed by atoms with E-state index < -0.39 is 0 Å². The van der Waals surface area contributed by atoms with Gasteiger partial charge in [-0.1, -0.05) is 54.6 Å². The number of hydrogen-bond donors (Lipinski definition) is 1. The van der Waals surface area contributed by atoms with Crippen molar-refractivity contribution in [3.8, 4) is 11.5 Å². The highest BCUT2D eigenvalue weighted by Crippen LogP contribution is 2.26. The Bertz CT molecular complexity index is 984. The minimum Gasteiger partial charge on any atom is -0.508 e. The molecule has 0 heterocycles. The van der Waals surface area contributed by atoms with Gasteiger partial charge in [0.25, 0.3) is 0 Å². The molecule has 4 rings (SSSR count). The monoisotopic (exact) mass is 300 g/mol. The number of phenolic OH excluding ortho intramolecular Hbond substituents is 1. The van der Waals surface area contributed by atoms with E-state index in [0.29, 0.717) is 6.61 Å². The smallest absolute Gasteiger partial charge is 0.120 e. The molecule has 4 aromatic carbocycles. The Morgan fingerprint density at radius 3 is 2.48 bits per heavy atom. The van der Waals surface area contributed by atoms with Gasteiger partial charge in [-0.25, -0.2) is 0 Å². The summed E-state index contributed by atoms with van der Waals surface area (Å²) in [7, 11) is 0. The van der Waals surface area contributed by atoms with E-state index in [1.165, 1.54) is 16.3 Å². The summed E-state index contributed by atoms with van der Waals surface area (Å²) in [5, 5.41) is 14.1. The van der Waals surface area contributed by atoms with Crippen molar-refractivity contribution in [2.45, 2.75) is 6.61 Å². The number of hydrogen-bond acceptors (Lipinski definition) is 2. The number of phenols is 1. The van der Waals surface area contributed by atoms with Crippen molar-refractivity contribution in [1.82, 2.24) is 0 Å². The molecule has 0 aliphatic rings. The summed E-state index contributed by atoms with van der Waals surface area (Å²) in [6, 6.07) is 25.8. The molecule has 0 aromatic heterocycles. The molecule has 1 N–H and O–H groups in total. The normalized spacial score (nSPS) is 11.0. The van der Waals surface area contributed by atoms with Crippen LogP contribution in [0.25, 0.3) is 21.5 Å². The van der Waals surface area contributed by atoms with Crippen LogP contribution in [0.2, 0.25) is 0 Å². The molecule has 0 aliphatic carbocycles. The average Bonchev–Trinajstić information content (AvgIpc) is 2.59. The predicted molar refractivity (Wildman–Crippen MR) is 93.9 cm³/mol. The van der Waals surface area contributed by atoms with Crippen LogP contribution in [0.3, 0.4) is 0 Å². The van der Waals surface area contributed by atoms with Gasteiger partial charge in [0.05, 0.1) is 0 Å². The van der Waals surface area contributed by atoms with Crippen LogP contribution in [0, 0.1) is 0 Å². The molecule has 0 radical (unpaired) electrons. The fourth-order valence-corrected chi connectivity index (χ4v) is 2.88. The van der Waals surface area contributed by atoms with Gasteiger partial charge in [0.1, 0.15) is 18.1 Å². The maximum absolute atomic E-state index is 9.61. The van der Waals surface area contributed by atoms with Crippen molar-refractivity contribution >= 4 is 21.5 Å². The van der Waals surface area contributed by atoms with Crippen LogP contribution >= 0.6 is 0 Å². The van der Waals surface area contributed by atoms with Crippen molar-refractivity contribution in [1.29, 1.82) is 0 Å². The largest absolute Gasteiger partial charge is 0.508 e. The molecule has 0 aliphatic heterocycles. The van der Waals surface area contributed by atoms with E-state index in [9.17, 15) is 5.11 Å². The van der Waals surface area contributed by atoms with E-state index >= 15 is 0 Å². The van der Waals surface area contributed by atoms with E-state index in [2.05, 4.69) is 30.3 Å². The first-order valence-electron chi connectivity index (χ1n) is 7.62. The Morgan fingerprint density at radius 2 is 1.52 bits per heavy atom. The first-order chi connectivity index (χ1) is 11.3. The summed E-state index contributed by atoms with van der Waals surface area (Å²) < 4.78 is 5.97. The molecule has 0 fully saturated rings. The summed E-state index contributed by atoms with van der Waals surface area (Å²) >= 11 is 0. The van der Waals surface area contributed by atoms with Gasteiger partial charge in [0, 0.05) is 0 Å². The predicted octanol–water partition coefficient (Wildman–Crippen LogP) is 5.28. The Hall–Kier alpha value is -3.00. The Kier molecular flexibility index (Phi) is 3.35. The minimum atomic E-state index is 0.267. The fraction of sp³-hybridized carbons (Fsp3) is 0.0476. The standard InChI is InChI=1S/C21H16O2/c22-19-10-8-15-9-11-20(13-18(15)12-19)23-14-17-6-3-5-16-4-1-2-7-21(16)17/h1-13,22H,14H2. The molecule has 23 heavy (non-hydrogen) atoms. The fourth-order valence-electron chi connectivity index (χ4n) is 2.88. The number of benzene rings is 4. The van der Waals surface area contributed by atoms with Crippen molar-refractivity contribution < 1.29 is 9.84 Å². The lowest BCUT2D eigenvalue weighted by atomic mass is 10.1. The van der Waals surface area contributed by atoms with E-state index in [1.807, 2.05) is 36.4 Å². The van der Waals surface area contributed by atoms with Crippen LogP contribution in [0.1, 0.15) is 5.56 Å². The van der Waals surface area contributed by atoms with Crippen LogP contribution < -0.4 is 4.74 Å². The van der Waals surface area contributed by atoms with Crippen LogP contribution in [0.4, 0.5) is 0 Å². The van der Waals surface area contributed by atoms with Crippen LogP contribution in [0.5, 0.6) is 11.5 Å². The number of aromatic hydroxyl groups is 1. The zero-order valence-electron chi connectivity index (χ0n) is 12.6. The van der Waals surface area contributed by atoms with Crippen LogP contribution in [-0.2, 0) is 6.61 Å². The van der Waals surface area contributed by atoms with Gasteiger partial charge in [-0.3, -0.25) is 0 Å². The van der Waals surface area contributed by atoms with E-state index in [0.717, 1.165) is 16.5 Å². The van der Waals surface area contributed by atoms with E-state index in [-0.39, 0.29) is 5.75 Å². The SMILES string of the molecule is Oc1ccc2ccc(OCc3cccc4ccccc34)cc2c1. The third-order valence-electron chi connectivity index (χ3n) is 4.07. The zero-order valence-corrected chi connectivity index (χ0v) is 12.6. The van der Waals surface area contributed by atoms with Crippen molar-refractivity contribution in [3.63, 3.8) is 0 Å². The van der Waals surface area contributed by atoms with E-state index in [1.54, 1.807) is 12.1 Å². The van der Waals surface area contributed by atoms with Gasteiger partial charge >= 0.3 is 0 Å². The lowest BCUT2D eigenvalue weighted by molar-refractivity contribution is 0.308. The van der Waals surface area contributed by atoms with Crippen LogP contribution in [0.15, 0.2) is 78.9 Å². The van der Waals surface area contributed by atoms with Gasteiger partial charge in [-0.15, -0.1) is 0 Å². The molecule has 2 nitrogen and oxygen atoms in total. The summed E-state index contributed by atoms with van der Waals surface area (Å²) in [6.45, 7) is 0.520. The lowest BCUT2D eigenvalue weighted by Gasteiger charge is -2.10. The molecule has 4 aromatic rings. The second kappa shape index (κ2) is 5.65. The third kappa shape index (κ3) is 2.71. The molecule has 0 amide bonds. The van der Waals surface area contributed by atoms with Gasteiger partial charge < -0.3 is 9.84 Å². The van der Waals surface area contributed by atoms with Crippen molar-refractivity contribution in [3.05, 3.63) is 84.4 Å². The molecular weight excluding hydrogens is 284 g/mol. The zero-order chi connectivity index (χ0) is 15.6. The molecule has 0 unspecified atom stereocenters. The molecule has 0 bridgehead atoms. The topological polar surface area (TPSA) is 29.5 Å². The highest BCUT2D eigenvalue weighted by atomic mass is 16.5. The minimum absolute atomic E-state index is 0.267. The van der Waals surface area contributed by atoms with E-state index in [4.69, 9.17) is 4.74 Å².